The molecule has 4 nitrogen and oxygen atoms in total. The van der Waals surface area contributed by atoms with Gasteiger partial charge in [0, 0.05) is 31.0 Å². The zero-order valence-electron chi connectivity index (χ0n) is 14.0. The van der Waals surface area contributed by atoms with E-state index in [4.69, 9.17) is 0 Å². The van der Waals surface area contributed by atoms with E-state index in [0.717, 1.165) is 17.9 Å². The highest BCUT2D eigenvalue weighted by Crippen LogP contribution is 2.38. The fraction of sp³-hybridized carbons (Fsp3) is 0.368. The number of anilines is 2. The van der Waals surface area contributed by atoms with Crippen LogP contribution in [0.3, 0.4) is 0 Å². The Labute approximate surface area is 137 Å². The molecule has 1 aromatic carbocycles. The molecule has 1 unspecified atom stereocenters. The van der Waals surface area contributed by atoms with Gasteiger partial charge < -0.3 is 9.80 Å². The van der Waals surface area contributed by atoms with Crippen LogP contribution in [0.25, 0.3) is 0 Å². The number of hydrogen-bond acceptors (Lipinski definition) is 3. The Balaban J connectivity index is 2.06. The van der Waals surface area contributed by atoms with Gasteiger partial charge in [-0.3, -0.25) is 4.79 Å². The molecule has 0 saturated heterocycles. The topological polar surface area (TPSA) is 36.4 Å². The summed E-state index contributed by atoms with van der Waals surface area (Å²) in [5, 5.41) is 0. The molecule has 1 atom stereocenters. The van der Waals surface area contributed by atoms with Gasteiger partial charge in [-0.05, 0) is 51.0 Å². The fourth-order valence-corrected chi connectivity index (χ4v) is 3.33. The standard InChI is InChI=1S/C19H23N3O/c1-4-21(5-2)19(23)16-10-8-12-20-18(16)22-14(3)13-15-9-6-7-11-17(15)22/h6-12,14H,4-5,13H2,1-3H3. The molecule has 0 fully saturated rings. The lowest BCUT2D eigenvalue weighted by molar-refractivity contribution is 0.0773. The number of fused-ring (bicyclic) bond motifs is 1. The maximum Gasteiger partial charge on any atom is 0.257 e. The average molecular weight is 309 g/mol. The third-order valence-electron chi connectivity index (χ3n) is 4.50. The van der Waals surface area contributed by atoms with Crippen molar-refractivity contribution < 1.29 is 4.79 Å². The van der Waals surface area contributed by atoms with E-state index in [-0.39, 0.29) is 5.91 Å². The third kappa shape index (κ3) is 2.69. The van der Waals surface area contributed by atoms with Crippen molar-refractivity contribution in [2.75, 3.05) is 18.0 Å². The number of amides is 1. The monoisotopic (exact) mass is 309 g/mol. The molecule has 23 heavy (non-hydrogen) atoms. The SMILES string of the molecule is CCN(CC)C(=O)c1cccnc1N1c2ccccc2CC1C. The highest BCUT2D eigenvalue weighted by atomic mass is 16.2. The summed E-state index contributed by atoms with van der Waals surface area (Å²) in [6, 6.07) is 12.4. The molecule has 0 spiro atoms. The zero-order chi connectivity index (χ0) is 16.4. The smallest absolute Gasteiger partial charge is 0.257 e. The number of benzene rings is 1. The predicted octanol–water partition coefficient (Wildman–Crippen LogP) is 3.65. The minimum absolute atomic E-state index is 0.0506. The van der Waals surface area contributed by atoms with Gasteiger partial charge in [-0.25, -0.2) is 4.98 Å². The normalized spacial score (nSPS) is 16.3. The summed E-state index contributed by atoms with van der Waals surface area (Å²) in [5.41, 5.74) is 3.15. The second-order valence-electron chi connectivity index (χ2n) is 5.90. The number of nitrogens with zero attached hydrogens (tertiary/aromatic N) is 3. The van der Waals surface area contributed by atoms with E-state index < -0.39 is 0 Å². The Hall–Kier alpha value is -2.36. The van der Waals surface area contributed by atoms with E-state index in [1.54, 1.807) is 6.20 Å². The summed E-state index contributed by atoms with van der Waals surface area (Å²) in [6.45, 7) is 7.60. The number of pyridine rings is 1. The average Bonchev–Trinajstić information content (AvgIpc) is 2.91. The molecular formula is C19H23N3O. The highest BCUT2D eigenvalue weighted by molar-refractivity contribution is 6.00. The van der Waals surface area contributed by atoms with Gasteiger partial charge in [0.05, 0.1) is 5.56 Å². The summed E-state index contributed by atoms with van der Waals surface area (Å²) >= 11 is 0. The number of rotatable bonds is 4. The molecule has 2 aromatic rings. The molecule has 2 heterocycles. The largest absolute Gasteiger partial charge is 0.339 e. The quantitative estimate of drug-likeness (QED) is 0.865. The van der Waals surface area contributed by atoms with Crippen LogP contribution in [-0.4, -0.2) is 34.9 Å². The molecule has 1 amide bonds. The van der Waals surface area contributed by atoms with Crippen LogP contribution < -0.4 is 4.90 Å². The second kappa shape index (κ2) is 6.41. The van der Waals surface area contributed by atoms with Gasteiger partial charge in [-0.15, -0.1) is 0 Å². The Morgan fingerprint density at radius 3 is 2.70 bits per heavy atom. The Morgan fingerprint density at radius 1 is 1.22 bits per heavy atom. The van der Waals surface area contributed by atoms with Crippen LogP contribution in [0.5, 0.6) is 0 Å². The van der Waals surface area contributed by atoms with Crippen LogP contribution in [0.2, 0.25) is 0 Å². The van der Waals surface area contributed by atoms with Crippen molar-refractivity contribution >= 4 is 17.4 Å². The first kappa shape index (κ1) is 15.5. The minimum Gasteiger partial charge on any atom is -0.339 e. The van der Waals surface area contributed by atoms with Crippen LogP contribution in [0, 0.1) is 0 Å². The molecule has 1 aliphatic heterocycles. The number of carbonyl (C=O) groups is 1. The summed E-state index contributed by atoms with van der Waals surface area (Å²) in [6.07, 6.45) is 2.74. The van der Waals surface area contributed by atoms with Crippen molar-refractivity contribution in [2.45, 2.75) is 33.2 Å². The molecule has 3 rings (SSSR count). The molecule has 0 radical (unpaired) electrons. The molecular weight excluding hydrogens is 286 g/mol. The lowest BCUT2D eigenvalue weighted by Crippen LogP contribution is -2.33. The molecule has 1 aliphatic rings. The van der Waals surface area contributed by atoms with Crippen molar-refractivity contribution in [1.82, 2.24) is 9.88 Å². The molecule has 0 N–H and O–H groups in total. The fourth-order valence-electron chi connectivity index (χ4n) is 3.33. The Morgan fingerprint density at radius 2 is 1.96 bits per heavy atom. The van der Waals surface area contributed by atoms with Gasteiger partial charge in [0.15, 0.2) is 0 Å². The number of para-hydroxylation sites is 1. The van der Waals surface area contributed by atoms with Crippen molar-refractivity contribution in [2.24, 2.45) is 0 Å². The number of hydrogen-bond donors (Lipinski definition) is 0. The van der Waals surface area contributed by atoms with Gasteiger partial charge in [-0.1, -0.05) is 18.2 Å². The van der Waals surface area contributed by atoms with E-state index in [1.165, 1.54) is 5.56 Å². The van der Waals surface area contributed by atoms with E-state index in [1.807, 2.05) is 36.9 Å². The lowest BCUT2D eigenvalue weighted by Gasteiger charge is -2.27. The van der Waals surface area contributed by atoms with Crippen LogP contribution >= 0.6 is 0 Å². The van der Waals surface area contributed by atoms with E-state index in [2.05, 4.69) is 35.0 Å². The van der Waals surface area contributed by atoms with Crippen LogP contribution in [0.4, 0.5) is 11.5 Å². The van der Waals surface area contributed by atoms with Gasteiger partial charge in [-0.2, -0.15) is 0 Å². The summed E-state index contributed by atoms with van der Waals surface area (Å²) in [5.74, 6) is 0.816. The van der Waals surface area contributed by atoms with Crippen molar-refractivity contribution in [3.05, 3.63) is 53.7 Å². The lowest BCUT2D eigenvalue weighted by atomic mass is 10.1. The first-order chi connectivity index (χ1) is 11.2. The maximum absolute atomic E-state index is 12.9. The highest BCUT2D eigenvalue weighted by Gasteiger charge is 2.31. The van der Waals surface area contributed by atoms with Crippen molar-refractivity contribution in [3.63, 3.8) is 0 Å². The molecule has 0 bridgehead atoms. The first-order valence-electron chi connectivity index (χ1n) is 8.28. The van der Waals surface area contributed by atoms with Crippen molar-refractivity contribution in [3.8, 4) is 0 Å². The van der Waals surface area contributed by atoms with Gasteiger partial charge in [0.25, 0.3) is 5.91 Å². The molecule has 1 aromatic heterocycles. The van der Waals surface area contributed by atoms with Crippen molar-refractivity contribution in [1.29, 1.82) is 0 Å². The van der Waals surface area contributed by atoms with E-state index in [0.29, 0.717) is 24.7 Å². The van der Waals surface area contributed by atoms with Crippen LogP contribution in [-0.2, 0) is 6.42 Å². The van der Waals surface area contributed by atoms with Gasteiger partial charge in [0.2, 0.25) is 0 Å². The van der Waals surface area contributed by atoms with E-state index in [9.17, 15) is 4.79 Å². The molecule has 4 heteroatoms. The number of carbonyl (C=O) groups excluding carboxylic acids is 1. The maximum atomic E-state index is 12.9. The van der Waals surface area contributed by atoms with E-state index >= 15 is 0 Å². The summed E-state index contributed by atoms with van der Waals surface area (Å²) < 4.78 is 0. The molecule has 0 saturated carbocycles. The van der Waals surface area contributed by atoms with Crippen LogP contribution in [0.1, 0.15) is 36.7 Å². The summed E-state index contributed by atoms with van der Waals surface area (Å²) in [4.78, 5) is 21.5. The first-order valence-corrected chi connectivity index (χ1v) is 8.28. The van der Waals surface area contributed by atoms with Gasteiger partial charge >= 0.3 is 0 Å². The Bertz CT molecular complexity index is 709. The zero-order valence-corrected chi connectivity index (χ0v) is 14.0. The third-order valence-corrected chi connectivity index (χ3v) is 4.50. The second-order valence-corrected chi connectivity index (χ2v) is 5.90. The summed E-state index contributed by atoms with van der Waals surface area (Å²) in [7, 11) is 0. The molecule has 120 valence electrons. The minimum atomic E-state index is 0.0506. The van der Waals surface area contributed by atoms with Crippen LogP contribution in [0.15, 0.2) is 42.6 Å². The van der Waals surface area contributed by atoms with Gasteiger partial charge in [0.1, 0.15) is 5.82 Å². The molecule has 0 aliphatic carbocycles. The predicted molar refractivity (Wildman–Crippen MR) is 93.2 cm³/mol. The Kier molecular flexibility index (Phi) is 4.33. The number of aromatic nitrogens is 1.